The van der Waals surface area contributed by atoms with Crippen LogP contribution < -0.4 is 11.5 Å². The minimum Gasteiger partial charge on any atom is -0.507 e. The first-order valence-electron chi connectivity index (χ1n) is 11.1. The third-order valence-corrected chi connectivity index (χ3v) is 5.29. The van der Waals surface area contributed by atoms with Crippen molar-refractivity contribution in [2.75, 3.05) is 6.54 Å². The first kappa shape index (κ1) is 23.6. The van der Waals surface area contributed by atoms with Gasteiger partial charge in [0.15, 0.2) is 0 Å². The van der Waals surface area contributed by atoms with Gasteiger partial charge >= 0.3 is 0 Å². The van der Waals surface area contributed by atoms with Crippen molar-refractivity contribution in [1.82, 2.24) is 0 Å². The molecule has 6 N–H and O–H groups in total. The molecule has 0 atom stereocenters. The Hall–Kier alpha value is -2.72. The second kappa shape index (κ2) is 13.5. The minimum absolute atomic E-state index is 0.206. The Bertz CT molecular complexity index is 827. The van der Waals surface area contributed by atoms with Gasteiger partial charge in [0.25, 0.3) is 0 Å². The van der Waals surface area contributed by atoms with Gasteiger partial charge < -0.3 is 21.7 Å². The van der Waals surface area contributed by atoms with Gasteiger partial charge in [0, 0.05) is 16.8 Å². The molecule has 0 saturated carbocycles. The van der Waals surface area contributed by atoms with Crippen molar-refractivity contribution in [3.63, 3.8) is 0 Å². The summed E-state index contributed by atoms with van der Waals surface area (Å²) in [6, 6.07) is 14.4. The van der Waals surface area contributed by atoms with Gasteiger partial charge in [0.05, 0.1) is 0 Å². The topological polar surface area (TPSA) is 92.5 Å². The van der Waals surface area contributed by atoms with Gasteiger partial charge in [-0.25, -0.2) is 0 Å². The van der Waals surface area contributed by atoms with Crippen LogP contribution in [0.3, 0.4) is 0 Å². The molecular weight excluding hydrogens is 372 g/mol. The average Bonchev–Trinajstić information content (AvgIpc) is 2.74. The van der Waals surface area contributed by atoms with Crippen molar-refractivity contribution in [3.05, 3.63) is 70.9 Å². The van der Waals surface area contributed by atoms with E-state index in [0.717, 1.165) is 43.4 Å². The van der Waals surface area contributed by atoms with Crippen LogP contribution in [0.25, 0.3) is 12.2 Å². The van der Waals surface area contributed by atoms with Crippen molar-refractivity contribution < 1.29 is 10.2 Å². The number of benzene rings is 2. The molecule has 0 aliphatic rings. The number of para-hydroxylation sites is 2. The number of rotatable bonds is 13. The Morgan fingerprint density at radius 1 is 0.667 bits per heavy atom. The average molecular weight is 409 g/mol. The molecular formula is C26H36N2O2. The predicted molar refractivity (Wildman–Crippen MR) is 127 cm³/mol. The molecule has 0 radical (unpaired) electrons. The van der Waals surface area contributed by atoms with Crippen LogP contribution in [-0.4, -0.2) is 16.8 Å². The molecule has 0 aliphatic heterocycles. The second-order valence-electron chi connectivity index (χ2n) is 7.75. The predicted octanol–water partition coefficient (Wildman–Crippen LogP) is 5.95. The summed E-state index contributed by atoms with van der Waals surface area (Å²) < 4.78 is 0. The van der Waals surface area contributed by atoms with Crippen molar-refractivity contribution in [1.29, 1.82) is 0 Å². The highest BCUT2D eigenvalue weighted by molar-refractivity contribution is 5.69. The van der Waals surface area contributed by atoms with Crippen LogP contribution in [-0.2, 0) is 0 Å². The Morgan fingerprint density at radius 2 is 1.13 bits per heavy atom. The highest BCUT2D eigenvalue weighted by Gasteiger charge is 2.07. The van der Waals surface area contributed by atoms with E-state index in [9.17, 15) is 10.2 Å². The van der Waals surface area contributed by atoms with Gasteiger partial charge in [-0.3, -0.25) is 0 Å². The first-order valence-corrected chi connectivity index (χ1v) is 11.1. The van der Waals surface area contributed by atoms with Crippen LogP contribution in [0.4, 0.5) is 0 Å². The molecule has 0 saturated heterocycles. The zero-order valence-corrected chi connectivity index (χ0v) is 17.9. The molecule has 0 amide bonds. The van der Waals surface area contributed by atoms with E-state index in [4.69, 9.17) is 11.5 Å². The molecule has 0 unspecified atom stereocenters. The van der Waals surface area contributed by atoms with Crippen LogP contribution in [0.2, 0.25) is 0 Å². The maximum absolute atomic E-state index is 10.2. The molecule has 2 aromatic carbocycles. The maximum atomic E-state index is 10.2. The lowest BCUT2D eigenvalue weighted by Gasteiger charge is -2.11. The molecule has 0 aromatic heterocycles. The largest absolute Gasteiger partial charge is 0.507 e. The molecule has 0 aliphatic carbocycles. The number of allylic oxidation sites excluding steroid dienone is 1. The van der Waals surface area contributed by atoms with Crippen molar-refractivity contribution in [2.45, 2.75) is 57.8 Å². The molecule has 162 valence electrons. The van der Waals surface area contributed by atoms with Crippen LogP contribution in [0.15, 0.2) is 59.8 Å². The van der Waals surface area contributed by atoms with Gasteiger partial charge in [-0.2, -0.15) is 0 Å². The van der Waals surface area contributed by atoms with Crippen molar-refractivity contribution >= 4 is 12.2 Å². The highest BCUT2D eigenvalue weighted by atomic mass is 16.3. The van der Waals surface area contributed by atoms with E-state index in [1.807, 2.05) is 30.3 Å². The summed E-state index contributed by atoms with van der Waals surface area (Å²) in [5.41, 5.74) is 15.0. The lowest BCUT2D eigenvalue weighted by molar-refractivity contribution is 0.473. The van der Waals surface area contributed by atoms with E-state index >= 15 is 0 Å². The monoisotopic (exact) mass is 408 g/mol. The molecule has 0 fully saturated rings. The molecule has 4 nitrogen and oxygen atoms in total. The van der Waals surface area contributed by atoms with Gasteiger partial charge in [0.1, 0.15) is 11.5 Å². The Labute approximate surface area is 180 Å². The van der Waals surface area contributed by atoms with Crippen LogP contribution in [0, 0.1) is 0 Å². The number of phenolic OH excluding ortho intramolecular Hbond substituents is 2. The molecule has 30 heavy (non-hydrogen) atoms. The van der Waals surface area contributed by atoms with Gasteiger partial charge in [-0.1, -0.05) is 74.9 Å². The number of hydrogen-bond acceptors (Lipinski definition) is 4. The fraction of sp³-hybridized carbons (Fsp3) is 0.385. The Morgan fingerprint density at radius 3 is 1.67 bits per heavy atom. The normalized spacial score (nSPS) is 12.3. The zero-order valence-electron chi connectivity index (χ0n) is 17.9. The van der Waals surface area contributed by atoms with E-state index in [0.29, 0.717) is 11.3 Å². The molecule has 0 heterocycles. The first-order chi connectivity index (χ1) is 14.6. The SMILES string of the molecule is NCCCCCCCCCCC(=Cc1ccccc1O)C(N)=Cc1ccccc1O. The number of phenols is 2. The van der Waals surface area contributed by atoms with Gasteiger partial charge in [-0.05, 0) is 55.7 Å². The molecule has 0 bridgehead atoms. The number of aromatic hydroxyl groups is 2. The fourth-order valence-electron chi connectivity index (χ4n) is 3.49. The number of unbranched alkanes of at least 4 members (excludes halogenated alkanes) is 7. The molecule has 2 aromatic rings. The fourth-order valence-corrected chi connectivity index (χ4v) is 3.49. The highest BCUT2D eigenvalue weighted by Crippen LogP contribution is 2.26. The summed E-state index contributed by atoms with van der Waals surface area (Å²) in [5.74, 6) is 0.444. The minimum atomic E-state index is 0.206. The lowest BCUT2D eigenvalue weighted by atomic mass is 9.98. The van der Waals surface area contributed by atoms with E-state index in [1.54, 1.807) is 30.3 Å². The molecule has 0 spiro atoms. The van der Waals surface area contributed by atoms with E-state index in [2.05, 4.69) is 0 Å². The van der Waals surface area contributed by atoms with E-state index in [1.165, 1.54) is 32.1 Å². The van der Waals surface area contributed by atoms with Gasteiger partial charge in [-0.15, -0.1) is 0 Å². The Balaban J connectivity index is 2.00. The van der Waals surface area contributed by atoms with Crippen LogP contribution in [0.5, 0.6) is 11.5 Å². The van der Waals surface area contributed by atoms with E-state index in [-0.39, 0.29) is 11.5 Å². The summed E-state index contributed by atoms with van der Waals surface area (Å²) in [4.78, 5) is 0. The summed E-state index contributed by atoms with van der Waals surface area (Å²) in [6.07, 6.45) is 14.2. The maximum Gasteiger partial charge on any atom is 0.122 e. The second-order valence-corrected chi connectivity index (χ2v) is 7.75. The molecule has 4 heteroatoms. The number of nitrogens with two attached hydrogens (primary N) is 2. The summed E-state index contributed by atoms with van der Waals surface area (Å²) in [5, 5.41) is 20.2. The van der Waals surface area contributed by atoms with E-state index < -0.39 is 0 Å². The lowest BCUT2D eigenvalue weighted by Crippen LogP contribution is -2.02. The summed E-state index contributed by atoms with van der Waals surface area (Å²) in [7, 11) is 0. The van der Waals surface area contributed by atoms with Crippen molar-refractivity contribution in [2.24, 2.45) is 11.5 Å². The van der Waals surface area contributed by atoms with Crippen LogP contribution in [0.1, 0.15) is 68.9 Å². The van der Waals surface area contributed by atoms with Crippen LogP contribution >= 0.6 is 0 Å². The van der Waals surface area contributed by atoms with Crippen molar-refractivity contribution in [3.8, 4) is 11.5 Å². The third kappa shape index (κ3) is 8.34. The zero-order chi connectivity index (χ0) is 21.6. The third-order valence-electron chi connectivity index (χ3n) is 5.29. The Kier molecular flexibility index (Phi) is 10.6. The summed E-state index contributed by atoms with van der Waals surface area (Å²) in [6.45, 7) is 0.793. The van der Waals surface area contributed by atoms with Gasteiger partial charge in [0.2, 0.25) is 0 Å². The standard InChI is InChI=1S/C26H36N2O2/c27-18-12-6-4-2-1-3-5-7-13-21(19-22-14-8-10-16-25(22)29)24(28)20-23-15-9-11-17-26(23)30/h8-11,14-17,19-20,29-30H,1-7,12-13,18,27-28H2. The number of hydrogen-bond donors (Lipinski definition) is 4. The summed E-state index contributed by atoms with van der Waals surface area (Å²) >= 11 is 0. The molecule has 2 rings (SSSR count). The quantitative estimate of drug-likeness (QED) is 0.243. The smallest absolute Gasteiger partial charge is 0.122 e.